The molecular weight excluding hydrogens is 444 g/mol. The third kappa shape index (κ3) is 4.24. The minimum atomic E-state index is -1.17. The zero-order chi connectivity index (χ0) is 21.1. The van der Waals surface area contributed by atoms with Gasteiger partial charge in [-0.05, 0) is 37.3 Å². The van der Waals surface area contributed by atoms with Crippen LogP contribution in [0.2, 0.25) is 0 Å². The number of halogens is 1. The molecule has 8 nitrogen and oxygen atoms in total. The summed E-state index contributed by atoms with van der Waals surface area (Å²) in [5.74, 6) is -1.94. The van der Waals surface area contributed by atoms with Crippen molar-refractivity contribution in [2.75, 3.05) is 12.1 Å². The second kappa shape index (κ2) is 8.36. The van der Waals surface area contributed by atoms with Crippen molar-refractivity contribution < 1.29 is 29.0 Å². The fourth-order valence-corrected chi connectivity index (χ4v) is 3.13. The lowest BCUT2D eigenvalue weighted by atomic mass is 10.1. The van der Waals surface area contributed by atoms with Gasteiger partial charge in [-0.25, -0.2) is 9.80 Å². The van der Waals surface area contributed by atoms with Crippen LogP contribution in [-0.2, 0) is 14.4 Å². The first-order valence-corrected chi connectivity index (χ1v) is 9.30. The first-order valence-electron chi connectivity index (χ1n) is 8.51. The Labute approximate surface area is 174 Å². The van der Waals surface area contributed by atoms with Crippen molar-refractivity contribution in [3.63, 3.8) is 0 Å². The molecule has 0 aromatic heterocycles. The fourth-order valence-electron chi connectivity index (χ4n) is 2.67. The van der Waals surface area contributed by atoms with Gasteiger partial charge in [-0.15, -0.1) is 0 Å². The van der Waals surface area contributed by atoms with E-state index in [4.69, 9.17) is 14.6 Å². The molecule has 0 unspecified atom stereocenters. The summed E-state index contributed by atoms with van der Waals surface area (Å²) in [6.07, 6.45) is 0.175. The summed E-state index contributed by atoms with van der Waals surface area (Å²) >= 11 is 3.33. The highest BCUT2D eigenvalue weighted by Gasteiger charge is 2.35. The molecule has 0 radical (unpaired) electrons. The molecule has 1 aliphatic heterocycles. The van der Waals surface area contributed by atoms with Crippen LogP contribution < -0.4 is 19.9 Å². The highest BCUT2D eigenvalue weighted by molar-refractivity contribution is 9.10. The van der Waals surface area contributed by atoms with Crippen molar-refractivity contribution in [2.45, 2.75) is 13.0 Å². The zero-order valence-corrected chi connectivity index (χ0v) is 17.1. The third-order valence-corrected chi connectivity index (χ3v) is 4.57. The van der Waals surface area contributed by atoms with Crippen LogP contribution in [0.3, 0.4) is 0 Å². The first kappa shape index (κ1) is 20.4. The summed E-state index contributed by atoms with van der Waals surface area (Å²) in [4.78, 5) is 36.4. The van der Waals surface area contributed by atoms with Crippen LogP contribution in [-0.4, -0.2) is 36.1 Å². The molecule has 1 fully saturated rings. The number of ether oxygens (including phenoxy) is 2. The van der Waals surface area contributed by atoms with E-state index >= 15 is 0 Å². The Morgan fingerprint density at radius 3 is 2.55 bits per heavy atom. The van der Waals surface area contributed by atoms with Gasteiger partial charge in [0.15, 0.2) is 17.6 Å². The van der Waals surface area contributed by atoms with Crippen molar-refractivity contribution in [2.24, 2.45) is 0 Å². The number of nitrogens with one attached hydrogen (secondary N) is 1. The van der Waals surface area contributed by atoms with Gasteiger partial charge in [0.25, 0.3) is 11.8 Å². The lowest BCUT2D eigenvalue weighted by Crippen LogP contribution is -2.35. The Hall–Kier alpha value is -3.33. The van der Waals surface area contributed by atoms with Crippen LogP contribution in [0.25, 0.3) is 6.08 Å². The lowest BCUT2D eigenvalue weighted by Gasteiger charge is -2.17. The van der Waals surface area contributed by atoms with E-state index in [-0.39, 0.29) is 17.1 Å². The predicted octanol–water partition coefficient (Wildman–Crippen LogP) is 2.77. The number of amides is 2. The van der Waals surface area contributed by atoms with Gasteiger partial charge < -0.3 is 14.6 Å². The van der Waals surface area contributed by atoms with Crippen LogP contribution in [0, 0.1) is 0 Å². The van der Waals surface area contributed by atoms with E-state index in [1.807, 2.05) is 0 Å². The molecule has 0 spiro atoms. The van der Waals surface area contributed by atoms with E-state index in [1.54, 1.807) is 42.5 Å². The standard InChI is InChI=1S/C20H17BrN2O6/c1-11(20(26)27)29-17-12(8-13(21)10-16(17)28-2)9-15-18(24)22-23(19(15)25)14-6-4-3-5-7-14/h3-11H,1-2H3,(H,22,24)(H,26,27)/b15-9+/t11-/m1/s1. The number of carbonyl (C=O) groups excluding carboxylic acids is 2. The number of para-hydroxylation sites is 1. The van der Waals surface area contributed by atoms with Gasteiger partial charge in [0.1, 0.15) is 5.57 Å². The van der Waals surface area contributed by atoms with Crippen LogP contribution in [0.4, 0.5) is 5.69 Å². The van der Waals surface area contributed by atoms with Gasteiger partial charge in [-0.2, -0.15) is 0 Å². The topological polar surface area (TPSA) is 105 Å². The summed E-state index contributed by atoms with van der Waals surface area (Å²) in [5, 5.41) is 10.3. The molecule has 1 saturated heterocycles. The minimum absolute atomic E-state index is 0.108. The highest BCUT2D eigenvalue weighted by atomic mass is 79.9. The third-order valence-electron chi connectivity index (χ3n) is 4.12. The van der Waals surface area contributed by atoms with Gasteiger partial charge >= 0.3 is 5.97 Å². The second-order valence-corrected chi connectivity index (χ2v) is 7.02. The van der Waals surface area contributed by atoms with E-state index in [0.717, 1.165) is 5.01 Å². The number of carboxylic acids is 1. The molecule has 1 aliphatic rings. The molecule has 0 bridgehead atoms. The van der Waals surface area contributed by atoms with E-state index in [0.29, 0.717) is 15.7 Å². The molecule has 3 rings (SSSR count). The molecule has 2 aromatic carbocycles. The Balaban J connectivity index is 2.05. The number of hydrazine groups is 1. The van der Waals surface area contributed by atoms with E-state index in [1.165, 1.54) is 20.1 Å². The Bertz CT molecular complexity index is 1010. The molecule has 2 N–H and O–H groups in total. The van der Waals surface area contributed by atoms with E-state index < -0.39 is 23.9 Å². The van der Waals surface area contributed by atoms with E-state index in [2.05, 4.69) is 21.4 Å². The van der Waals surface area contributed by atoms with E-state index in [9.17, 15) is 14.4 Å². The molecule has 1 atom stereocenters. The summed E-state index contributed by atoms with van der Waals surface area (Å²) in [7, 11) is 1.40. The lowest BCUT2D eigenvalue weighted by molar-refractivity contribution is -0.144. The van der Waals surface area contributed by atoms with Crippen LogP contribution >= 0.6 is 15.9 Å². The average molecular weight is 461 g/mol. The molecule has 2 aromatic rings. The molecule has 0 saturated carbocycles. The molecule has 0 aliphatic carbocycles. The average Bonchev–Trinajstić information content (AvgIpc) is 2.98. The summed E-state index contributed by atoms with van der Waals surface area (Å²) in [5.41, 5.74) is 3.22. The normalized spacial score (nSPS) is 16.0. The quantitative estimate of drug-likeness (QED) is 0.507. The fraction of sp³-hybridized carbons (Fsp3) is 0.150. The first-order chi connectivity index (χ1) is 13.8. The van der Waals surface area contributed by atoms with Crippen molar-refractivity contribution >= 4 is 45.5 Å². The molecule has 2 amide bonds. The molecule has 29 heavy (non-hydrogen) atoms. The maximum atomic E-state index is 12.8. The number of rotatable bonds is 6. The smallest absolute Gasteiger partial charge is 0.344 e. The largest absolute Gasteiger partial charge is 0.493 e. The van der Waals surface area contributed by atoms with Crippen LogP contribution in [0.5, 0.6) is 11.5 Å². The highest BCUT2D eigenvalue weighted by Crippen LogP contribution is 2.37. The van der Waals surface area contributed by atoms with Crippen molar-refractivity contribution in [3.05, 3.63) is 58.1 Å². The number of methoxy groups -OCH3 is 1. The summed E-state index contributed by atoms with van der Waals surface area (Å²) in [6, 6.07) is 11.9. The molecular formula is C20H17BrN2O6. The maximum Gasteiger partial charge on any atom is 0.344 e. The molecule has 1 heterocycles. The maximum absolute atomic E-state index is 12.8. The zero-order valence-electron chi connectivity index (χ0n) is 15.5. The number of carbonyl (C=O) groups is 3. The number of anilines is 1. The number of aliphatic carboxylic acids is 1. The van der Waals surface area contributed by atoms with Gasteiger partial charge in [0.2, 0.25) is 0 Å². The summed E-state index contributed by atoms with van der Waals surface area (Å²) in [6.45, 7) is 1.37. The van der Waals surface area contributed by atoms with Crippen LogP contribution in [0.1, 0.15) is 12.5 Å². The number of benzene rings is 2. The molecule has 150 valence electrons. The van der Waals surface area contributed by atoms with Crippen molar-refractivity contribution in [1.82, 2.24) is 5.43 Å². The predicted molar refractivity (Wildman–Crippen MR) is 108 cm³/mol. The summed E-state index contributed by atoms with van der Waals surface area (Å²) < 4.78 is 11.4. The number of nitrogens with zero attached hydrogens (tertiary/aromatic N) is 1. The van der Waals surface area contributed by atoms with Gasteiger partial charge in [0, 0.05) is 10.0 Å². The number of hydrogen-bond donors (Lipinski definition) is 2. The minimum Gasteiger partial charge on any atom is -0.493 e. The van der Waals surface area contributed by atoms with Crippen molar-refractivity contribution in [3.8, 4) is 11.5 Å². The van der Waals surface area contributed by atoms with Gasteiger partial charge in [-0.1, -0.05) is 34.1 Å². The second-order valence-electron chi connectivity index (χ2n) is 6.10. The number of carboxylic acid groups (broad SMARTS) is 1. The van der Waals surface area contributed by atoms with Crippen molar-refractivity contribution in [1.29, 1.82) is 0 Å². The van der Waals surface area contributed by atoms with Crippen LogP contribution in [0.15, 0.2) is 52.5 Å². The Kier molecular flexibility index (Phi) is 5.88. The molecule has 9 heteroatoms. The number of hydrogen-bond acceptors (Lipinski definition) is 5. The van der Waals surface area contributed by atoms with Gasteiger partial charge in [-0.3, -0.25) is 15.0 Å². The Morgan fingerprint density at radius 1 is 1.24 bits per heavy atom. The Morgan fingerprint density at radius 2 is 1.93 bits per heavy atom. The SMILES string of the molecule is COc1cc(Br)cc(/C=C2\C(=O)NN(c3ccccc3)C2=O)c1O[C@H](C)C(=O)O. The van der Waals surface area contributed by atoms with Gasteiger partial charge in [0.05, 0.1) is 12.8 Å². The monoisotopic (exact) mass is 460 g/mol.